The molecule has 0 bridgehead atoms. The van der Waals surface area contributed by atoms with Gasteiger partial charge in [-0.2, -0.15) is 0 Å². The number of phenols is 1. The van der Waals surface area contributed by atoms with E-state index in [-0.39, 0.29) is 35.3 Å². The molecule has 1 aliphatic heterocycles. The minimum atomic E-state index is -0.809. The number of phenolic OH excluding ortho intramolecular Hbond substituents is 1. The summed E-state index contributed by atoms with van der Waals surface area (Å²) in [5, 5.41) is 20.3. The highest BCUT2D eigenvalue weighted by Gasteiger charge is 2.43. The van der Waals surface area contributed by atoms with Crippen LogP contribution in [0.5, 0.6) is 23.1 Å². The number of aromatic amines is 1. The molecule has 0 fully saturated rings. The van der Waals surface area contributed by atoms with Gasteiger partial charge in [0.15, 0.2) is 11.4 Å². The van der Waals surface area contributed by atoms with Crippen LogP contribution >= 0.6 is 11.3 Å². The van der Waals surface area contributed by atoms with Gasteiger partial charge in [-0.3, -0.25) is 14.6 Å². The summed E-state index contributed by atoms with van der Waals surface area (Å²) < 4.78 is 12.8. The first-order valence-electron chi connectivity index (χ1n) is 12.2. The summed E-state index contributed by atoms with van der Waals surface area (Å²) in [7, 11) is 0. The molecular formula is C28H33NO6S. The molecule has 0 amide bonds. The van der Waals surface area contributed by atoms with E-state index in [0.29, 0.717) is 51.8 Å². The number of rotatable bonds is 8. The Balaban J connectivity index is 1.56. The third-order valence-corrected chi connectivity index (χ3v) is 7.83. The first kappa shape index (κ1) is 25.8. The lowest BCUT2D eigenvalue weighted by atomic mass is 9.82. The molecule has 4 rings (SSSR count). The molecule has 1 atom stereocenters. The van der Waals surface area contributed by atoms with Crippen LogP contribution < -0.4 is 14.3 Å². The Hall–Kier alpha value is -3.26. The van der Waals surface area contributed by atoms with Crippen molar-refractivity contribution in [2.75, 3.05) is 6.61 Å². The van der Waals surface area contributed by atoms with Gasteiger partial charge in [0.25, 0.3) is 0 Å². The second kappa shape index (κ2) is 10.0. The van der Waals surface area contributed by atoms with Crippen LogP contribution in [0.3, 0.4) is 0 Å². The number of carbonyl (C=O) groups excluding carboxylic acids is 1. The standard InChI is InChI=1S/C28H33NO6S/c1-15(2)10-11-28(13-21(30)23-18(5)24(31)16(3)17(4)25(23)35-28)14-34-20-8-6-19(7-9-20)12-22-26(32)29-27(33)36-22/h6-9,15,31-32H,10-14H2,1-5H3,(H,29,33). The van der Waals surface area contributed by atoms with Crippen molar-refractivity contribution in [3.8, 4) is 23.1 Å². The summed E-state index contributed by atoms with van der Waals surface area (Å²) in [4.78, 5) is 27.5. The molecule has 36 heavy (non-hydrogen) atoms. The zero-order valence-electron chi connectivity index (χ0n) is 21.4. The smallest absolute Gasteiger partial charge is 0.307 e. The SMILES string of the molecule is Cc1c(C)c2c(c(C)c1O)C(=O)CC(CCC(C)C)(COc1ccc(Cc3sc(=O)[nH]c3O)cc1)O2. The third kappa shape index (κ3) is 5.14. The number of nitrogens with one attached hydrogen (secondary N) is 1. The van der Waals surface area contributed by atoms with Gasteiger partial charge in [0.1, 0.15) is 23.9 Å². The van der Waals surface area contributed by atoms with E-state index in [1.807, 2.05) is 38.1 Å². The fraction of sp³-hybridized carbons (Fsp3) is 0.429. The number of hydrogen-bond acceptors (Lipinski definition) is 7. The van der Waals surface area contributed by atoms with Crippen LogP contribution in [0.1, 0.15) is 70.6 Å². The first-order chi connectivity index (χ1) is 17.0. The van der Waals surface area contributed by atoms with Gasteiger partial charge in [-0.25, -0.2) is 0 Å². The topological polar surface area (TPSA) is 109 Å². The van der Waals surface area contributed by atoms with Crippen LogP contribution in [0.15, 0.2) is 29.1 Å². The largest absolute Gasteiger partial charge is 0.507 e. The van der Waals surface area contributed by atoms with Crippen molar-refractivity contribution in [2.24, 2.45) is 5.92 Å². The predicted molar refractivity (Wildman–Crippen MR) is 140 cm³/mol. The Morgan fingerprint density at radius 2 is 1.78 bits per heavy atom. The molecule has 3 N–H and O–H groups in total. The lowest BCUT2D eigenvalue weighted by Gasteiger charge is -2.39. The molecule has 0 radical (unpaired) electrons. The Morgan fingerprint density at radius 1 is 1.08 bits per heavy atom. The van der Waals surface area contributed by atoms with Crippen molar-refractivity contribution in [3.63, 3.8) is 0 Å². The number of hydrogen-bond donors (Lipinski definition) is 3. The monoisotopic (exact) mass is 511 g/mol. The molecule has 7 nitrogen and oxygen atoms in total. The molecule has 0 aliphatic carbocycles. The molecule has 2 aromatic carbocycles. The molecule has 1 unspecified atom stereocenters. The highest BCUT2D eigenvalue weighted by Crippen LogP contribution is 2.45. The Kier molecular flexibility index (Phi) is 7.18. The third-order valence-electron chi connectivity index (χ3n) is 6.96. The van der Waals surface area contributed by atoms with E-state index in [1.165, 1.54) is 0 Å². The second-order valence-corrected chi connectivity index (χ2v) is 11.2. The minimum absolute atomic E-state index is 0.0415. The summed E-state index contributed by atoms with van der Waals surface area (Å²) in [6.07, 6.45) is 2.16. The van der Waals surface area contributed by atoms with Crippen molar-refractivity contribution in [3.05, 3.63) is 66.6 Å². The van der Waals surface area contributed by atoms with E-state index in [0.717, 1.165) is 28.9 Å². The maximum atomic E-state index is 13.4. The fourth-order valence-corrected chi connectivity index (χ4v) is 5.38. The zero-order valence-corrected chi connectivity index (χ0v) is 22.2. The molecular weight excluding hydrogens is 478 g/mol. The lowest BCUT2D eigenvalue weighted by Crippen LogP contribution is -2.47. The average molecular weight is 512 g/mol. The van der Waals surface area contributed by atoms with Gasteiger partial charge in [-0.15, -0.1) is 0 Å². The predicted octanol–water partition coefficient (Wildman–Crippen LogP) is 5.58. The van der Waals surface area contributed by atoms with Gasteiger partial charge in [-0.1, -0.05) is 37.3 Å². The highest BCUT2D eigenvalue weighted by atomic mass is 32.1. The normalized spacial score (nSPS) is 17.2. The number of aromatic nitrogens is 1. The van der Waals surface area contributed by atoms with E-state index in [1.54, 1.807) is 6.92 Å². The van der Waals surface area contributed by atoms with Crippen LogP contribution in [0.25, 0.3) is 0 Å². The molecule has 0 spiro atoms. The van der Waals surface area contributed by atoms with Crippen LogP contribution in [0.2, 0.25) is 0 Å². The van der Waals surface area contributed by atoms with Gasteiger partial charge in [0.05, 0.1) is 16.9 Å². The van der Waals surface area contributed by atoms with E-state index in [4.69, 9.17) is 9.47 Å². The number of ketones is 1. The molecule has 1 aromatic heterocycles. The first-order valence-corrected chi connectivity index (χ1v) is 13.0. The number of benzene rings is 2. The zero-order chi connectivity index (χ0) is 26.2. The van der Waals surface area contributed by atoms with Gasteiger partial charge in [0.2, 0.25) is 5.88 Å². The lowest BCUT2D eigenvalue weighted by molar-refractivity contribution is -0.00503. The number of fused-ring (bicyclic) bond motifs is 1. The molecule has 8 heteroatoms. The quantitative estimate of drug-likeness (QED) is 0.364. The van der Waals surface area contributed by atoms with Gasteiger partial charge < -0.3 is 19.7 Å². The van der Waals surface area contributed by atoms with Gasteiger partial charge in [-0.05, 0) is 68.4 Å². The molecule has 3 aromatic rings. The fourth-order valence-electron chi connectivity index (χ4n) is 4.62. The molecule has 1 aliphatic rings. The van der Waals surface area contributed by atoms with Gasteiger partial charge >= 0.3 is 4.87 Å². The van der Waals surface area contributed by atoms with Gasteiger partial charge in [0, 0.05) is 12.0 Å². The molecule has 2 heterocycles. The van der Waals surface area contributed by atoms with Crippen molar-refractivity contribution in [1.82, 2.24) is 4.98 Å². The number of H-pyrrole nitrogens is 1. The summed E-state index contributed by atoms with van der Waals surface area (Å²) in [6, 6.07) is 7.46. The van der Waals surface area contributed by atoms with Crippen molar-refractivity contribution in [2.45, 2.75) is 65.9 Å². The Labute approximate surface area is 214 Å². The second-order valence-electron chi connectivity index (χ2n) is 10.1. The Morgan fingerprint density at radius 3 is 2.39 bits per heavy atom. The van der Waals surface area contributed by atoms with Crippen molar-refractivity contribution < 1.29 is 24.5 Å². The minimum Gasteiger partial charge on any atom is -0.507 e. The number of carbonyl (C=O) groups is 1. The average Bonchev–Trinajstić information content (AvgIpc) is 3.15. The van der Waals surface area contributed by atoms with Crippen LogP contribution in [-0.4, -0.2) is 33.2 Å². The van der Waals surface area contributed by atoms with E-state index in [9.17, 15) is 19.8 Å². The highest BCUT2D eigenvalue weighted by molar-refractivity contribution is 7.09. The van der Waals surface area contributed by atoms with Crippen LogP contribution in [0.4, 0.5) is 0 Å². The summed E-state index contributed by atoms with van der Waals surface area (Å²) in [5.41, 5.74) is 2.64. The van der Waals surface area contributed by atoms with E-state index < -0.39 is 5.60 Å². The van der Waals surface area contributed by atoms with E-state index >= 15 is 0 Å². The summed E-state index contributed by atoms with van der Waals surface area (Å²) >= 11 is 0.992. The van der Waals surface area contributed by atoms with E-state index in [2.05, 4.69) is 18.8 Å². The number of Topliss-reactive ketones (excluding diaryl/α,β-unsaturated/α-hetero) is 1. The number of ether oxygens (including phenoxy) is 2. The molecule has 192 valence electrons. The maximum absolute atomic E-state index is 13.4. The maximum Gasteiger partial charge on any atom is 0.307 e. The number of thiazole rings is 1. The Bertz CT molecular complexity index is 1340. The summed E-state index contributed by atoms with van der Waals surface area (Å²) in [5.74, 6) is 1.64. The van der Waals surface area contributed by atoms with Crippen molar-refractivity contribution in [1.29, 1.82) is 0 Å². The number of aromatic hydroxyl groups is 2. The molecule has 0 saturated heterocycles. The van der Waals surface area contributed by atoms with Crippen LogP contribution in [-0.2, 0) is 6.42 Å². The summed E-state index contributed by atoms with van der Waals surface area (Å²) in [6.45, 7) is 9.96. The molecule has 0 saturated carbocycles. The van der Waals surface area contributed by atoms with Crippen molar-refractivity contribution >= 4 is 17.1 Å². The van der Waals surface area contributed by atoms with Crippen LogP contribution in [0, 0.1) is 26.7 Å².